The van der Waals surface area contributed by atoms with Crippen LogP contribution < -0.4 is 0 Å². The number of aryl methyl sites for hydroxylation is 2. The van der Waals surface area contributed by atoms with Crippen LogP contribution in [0.5, 0.6) is 0 Å². The van der Waals surface area contributed by atoms with Crippen molar-refractivity contribution < 1.29 is 4.79 Å². The van der Waals surface area contributed by atoms with Crippen LogP contribution in [0.25, 0.3) is 5.69 Å². The largest absolute Gasteiger partial charge is 0.298 e. The zero-order valence-corrected chi connectivity index (χ0v) is 13.2. The monoisotopic (exact) mass is 301 g/mol. The SMILES string of the molecule is Cc1cccc(-n2c(C)nnc2SC2CCCCC2=O)c1. The summed E-state index contributed by atoms with van der Waals surface area (Å²) in [5, 5.41) is 9.32. The van der Waals surface area contributed by atoms with E-state index in [9.17, 15) is 4.79 Å². The number of thioether (sulfide) groups is 1. The predicted octanol–water partition coefficient (Wildman–Crippen LogP) is 3.49. The molecule has 21 heavy (non-hydrogen) atoms. The van der Waals surface area contributed by atoms with Crippen molar-refractivity contribution in [1.29, 1.82) is 0 Å². The summed E-state index contributed by atoms with van der Waals surface area (Å²) in [6, 6.07) is 8.27. The van der Waals surface area contributed by atoms with E-state index in [-0.39, 0.29) is 5.25 Å². The van der Waals surface area contributed by atoms with Crippen molar-refractivity contribution >= 4 is 17.5 Å². The molecule has 0 bridgehead atoms. The second-order valence-electron chi connectivity index (χ2n) is 5.52. The Kier molecular flexibility index (Phi) is 4.10. The molecule has 1 unspecified atom stereocenters. The van der Waals surface area contributed by atoms with Gasteiger partial charge in [0, 0.05) is 12.1 Å². The maximum atomic E-state index is 12.0. The van der Waals surface area contributed by atoms with E-state index in [1.165, 1.54) is 5.56 Å². The van der Waals surface area contributed by atoms with Crippen LogP contribution in [0.4, 0.5) is 0 Å². The fourth-order valence-electron chi connectivity index (χ4n) is 2.69. The molecular formula is C16H19N3OS. The molecule has 1 aromatic heterocycles. The summed E-state index contributed by atoms with van der Waals surface area (Å²) in [5.41, 5.74) is 2.26. The van der Waals surface area contributed by atoms with E-state index >= 15 is 0 Å². The molecule has 1 fully saturated rings. The van der Waals surface area contributed by atoms with Crippen molar-refractivity contribution in [3.8, 4) is 5.69 Å². The first-order valence-corrected chi connectivity index (χ1v) is 8.21. The predicted molar refractivity (Wildman–Crippen MR) is 84.0 cm³/mol. The third-order valence-corrected chi connectivity index (χ3v) is 5.06. The number of carbonyl (C=O) groups excluding carboxylic acids is 1. The normalized spacial score (nSPS) is 19.0. The molecule has 1 aliphatic rings. The lowest BCUT2D eigenvalue weighted by atomic mass is 9.99. The summed E-state index contributed by atoms with van der Waals surface area (Å²) < 4.78 is 2.04. The molecule has 0 saturated heterocycles. The van der Waals surface area contributed by atoms with E-state index in [0.717, 1.165) is 35.9 Å². The van der Waals surface area contributed by atoms with Gasteiger partial charge in [-0.25, -0.2) is 0 Å². The molecule has 1 aliphatic carbocycles. The standard InChI is InChI=1S/C16H19N3OS/c1-11-6-5-7-13(10-11)19-12(2)17-18-16(19)21-15-9-4-3-8-14(15)20/h5-7,10,15H,3-4,8-9H2,1-2H3. The lowest BCUT2D eigenvalue weighted by Gasteiger charge is -2.19. The van der Waals surface area contributed by atoms with Crippen LogP contribution in [0, 0.1) is 13.8 Å². The van der Waals surface area contributed by atoms with E-state index < -0.39 is 0 Å². The fourth-order valence-corrected chi connectivity index (χ4v) is 3.91. The first-order valence-electron chi connectivity index (χ1n) is 7.33. The highest BCUT2D eigenvalue weighted by Crippen LogP contribution is 2.32. The molecule has 0 aliphatic heterocycles. The third-order valence-electron chi connectivity index (χ3n) is 3.80. The van der Waals surface area contributed by atoms with Gasteiger partial charge in [0.1, 0.15) is 11.6 Å². The Hall–Kier alpha value is -1.62. The molecule has 0 amide bonds. The van der Waals surface area contributed by atoms with Crippen LogP contribution in [0.15, 0.2) is 29.4 Å². The first kappa shape index (κ1) is 14.3. The molecule has 0 N–H and O–H groups in total. The summed E-state index contributed by atoms with van der Waals surface area (Å²) in [4.78, 5) is 12.0. The molecule has 1 saturated carbocycles. The van der Waals surface area contributed by atoms with E-state index in [0.29, 0.717) is 12.2 Å². The topological polar surface area (TPSA) is 47.8 Å². The second-order valence-corrected chi connectivity index (χ2v) is 6.69. The van der Waals surface area contributed by atoms with Gasteiger partial charge in [-0.15, -0.1) is 10.2 Å². The number of rotatable bonds is 3. The van der Waals surface area contributed by atoms with Gasteiger partial charge >= 0.3 is 0 Å². The number of Topliss-reactive ketones (excluding diaryl/α,β-unsaturated/α-hetero) is 1. The van der Waals surface area contributed by atoms with Crippen LogP contribution in [-0.2, 0) is 4.79 Å². The number of aromatic nitrogens is 3. The minimum atomic E-state index is 0.0332. The van der Waals surface area contributed by atoms with Crippen molar-refractivity contribution in [1.82, 2.24) is 14.8 Å². The average molecular weight is 301 g/mol. The van der Waals surface area contributed by atoms with Crippen LogP contribution in [0.2, 0.25) is 0 Å². The second kappa shape index (κ2) is 6.02. The van der Waals surface area contributed by atoms with Gasteiger partial charge in [-0.05, 0) is 44.4 Å². The van der Waals surface area contributed by atoms with Crippen molar-refractivity contribution in [2.45, 2.75) is 49.9 Å². The van der Waals surface area contributed by atoms with Gasteiger partial charge in [-0.3, -0.25) is 9.36 Å². The summed E-state index contributed by atoms with van der Waals surface area (Å²) in [5.74, 6) is 1.20. The maximum Gasteiger partial charge on any atom is 0.196 e. The molecule has 2 aromatic rings. The number of hydrogen-bond donors (Lipinski definition) is 0. The summed E-state index contributed by atoms with van der Waals surface area (Å²) in [7, 11) is 0. The van der Waals surface area contributed by atoms with Gasteiger partial charge in [0.25, 0.3) is 0 Å². The Bertz CT molecular complexity index is 665. The molecule has 110 valence electrons. The van der Waals surface area contributed by atoms with Crippen LogP contribution in [0.3, 0.4) is 0 Å². The summed E-state index contributed by atoms with van der Waals surface area (Å²) in [6.45, 7) is 4.02. The van der Waals surface area contributed by atoms with Crippen molar-refractivity contribution in [2.24, 2.45) is 0 Å². The van der Waals surface area contributed by atoms with Crippen molar-refractivity contribution in [3.05, 3.63) is 35.7 Å². The zero-order valence-electron chi connectivity index (χ0n) is 12.4. The van der Waals surface area contributed by atoms with Gasteiger partial charge in [0.2, 0.25) is 0 Å². The molecule has 4 nitrogen and oxygen atoms in total. The van der Waals surface area contributed by atoms with Crippen molar-refractivity contribution in [2.75, 3.05) is 0 Å². The van der Waals surface area contributed by atoms with Gasteiger partial charge < -0.3 is 0 Å². The van der Waals surface area contributed by atoms with Gasteiger partial charge in [0.05, 0.1) is 5.25 Å². The number of carbonyl (C=O) groups is 1. The van der Waals surface area contributed by atoms with Crippen molar-refractivity contribution in [3.63, 3.8) is 0 Å². The molecule has 0 radical (unpaired) electrons. The lowest BCUT2D eigenvalue weighted by molar-refractivity contribution is -0.119. The minimum Gasteiger partial charge on any atom is -0.298 e. The molecular weight excluding hydrogens is 282 g/mol. The Morgan fingerprint density at radius 3 is 2.86 bits per heavy atom. The van der Waals surface area contributed by atoms with Gasteiger partial charge in [-0.2, -0.15) is 0 Å². The van der Waals surface area contributed by atoms with E-state index in [1.807, 2.05) is 17.6 Å². The molecule has 0 spiro atoms. The Morgan fingerprint density at radius 1 is 1.24 bits per heavy atom. The van der Waals surface area contributed by atoms with Gasteiger partial charge in [-0.1, -0.05) is 30.3 Å². The Morgan fingerprint density at radius 2 is 2.10 bits per heavy atom. The number of benzene rings is 1. The third kappa shape index (κ3) is 3.02. The highest BCUT2D eigenvalue weighted by Gasteiger charge is 2.26. The number of ketones is 1. The number of nitrogens with zero attached hydrogens (tertiary/aromatic N) is 3. The van der Waals surface area contributed by atoms with Crippen LogP contribution in [-0.4, -0.2) is 25.8 Å². The molecule has 1 heterocycles. The molecule has 1 aromatic carbocycles. The van der Waals surface area contributed by atoms with Gasteiger partial charge in [0.15, 0.2) is 5.16 Å². The highest BCUT2D eigenvalue weighted by atomic mass is 32.2. The summed E-state index contributed by atoms with van der Waals surface area (Å²) in [6.07, 6.45) is 3.80. The maximum absolute atomic E-state index is 12.0. The Labute approximate surface area is 129 Å². The fraction of sp³-hybridized carbons (Fsp3) is 0.438. The smallest absolute Gasteiger partial charge is 0.196 e. The molecule has 5 heteroatoms. The first-order chi connectivity index (χ1) is 10.1. The number of hydrogen-bond acceptors (Lipinski definition) is 4. The lowest BCUT2D eigenvalue weighted by Crippen LogP contribution is -2.21. The molecule has 1 atom stereocenters. The molecule has 3 rings (SSSR count). The van der Waals surface area contributed by atoms with Crippen LogP contribution in [0.1, 0.15) is 37.1 Å². The van der Waals surface area contributed by atoms with E-state index in [2.05, 4.69) is 35.3 Å². The van der Waals surface area contributed by atoms with E-state index in [1.54, 1.807) is 11.8 Å². The summed E-state index contributed by atoms with van der Waals surface area (Å²) >= 11 is 1.56. The highest BCUT2D eigenvalue weighted by molar-refractivity contribution is 8.00. The van der Waals surface area contributed by atoms with Crippen LogP contribution >= 0.6 is 11.8 Å². The zero-order chi connectivity index (χ0) is 14.8. The quantitative estimate of drug-likeness (QED) is 0.870. The Balaban J connectivity index is 1.92. The van der Waals surface area contributed by atoms with E-state index in [4.69, 9.17) is 0 Å². The minimum absolute atomic E-state index is 0.0332. The average Bonchev–Trinajstić information content (AvgIpc) is 2.82.